The van der Waals surface area contributed by atoms with Gasteiger partial charge in [0.15, 0.2) is 0 Å². The molecule has 0 saturated heterocycles. The lowest BCUT2D eigenvalue weighted by Crippen LogP contribution is -2.20. The number of rotatable bonds is 4. The van der Waals surface area contributed by atoms with E-state index in [1.54, 1.807) is 6.92 Å². The summed E-state index contributed by atoms with van der Waals surface area (Å²) >= 11 is 9.21. The molecule has 0 spiro atoms. The van der Waals surface area contributed by atoms with Crippen LogP contribution in [-0.4, -0.2) is 25.2 Å². The van der Waals surface area contributed by atoms with Crippen LogP contribution in [0.3, 0.4) is 0 Å². The number of hydrogen-bond donors (Lipinski definition) is 0. The van der Waals surface area contributed by atoms with Crippen molar-refractivity contribution in [2.45, 2.75) is 27.7 Å². The van der Waals surface area contributed by atoms with Crippen molar-refractivity contribution in [2.24, 2.45) is 5.41 Å². The molecule has 1 aromatic carbocycles. The summed E-state index contributed by atoms with van der Waals surface area (Å²) in [6.45, 7) is 7.99. The normalized spacial score (nSPS) is 11.1. The van der Waals surface area contributed by atoms with Crippen LogP contribution in [0.4, 0.5) is 0 Å². The van der Waals surface area contributed by atoms with Crippen molar-refractivity contribution < 1.29 is 19.1 Å². The first-order valence-electron chi connectivity index (χ1n) is 6.49. The van der Waals surface area contributed by atoms with Crippen molar-refractivity contribution in [3.05, 3.63) is 32.8 Å². The van der Waals surface area contributed by atoms with Gasteiger partial charge < -0.3 is 9.47 Å². The number of benzene rings is 1. The number of halogens is 2. The molecule has 0 aliphatic rings. The molecule has 116 valence electrons. The minimum absolute atomic E-state index is 0.101. The monoisotopic (exact) mass is 376 g/mol. The molecule has 0 aliphatic heterocycles. The molecule has 6 heteroatoms. The van der Waals surface area contributed by atoms with Crippen LogP contribution in [0.2, 0.25) is 5.02 Å². The largest absolute Gasteiger partial charge is 0.462 e. The second kappa shape index (κ2) is 7.27. The molecule has 0 radical (unpaired) electrons. The molecule has 0 heterocycles. The molecule has 0 aliphatic carbocycles. The minimum atomic E-state index is -0.602. The van der Waals surface area contributed by atoms with E-state index in [1.165, 1.54) is 12.1 Å². The van der Waals surface area contributed by atoms with E-state index >= 15 is 0 Å². The zero-order valence-electron chi connectivity index (χ0n) is 12.5. The standard InChI is InChI=1S/C15H18BrClO4/c1-5-20-13(18)10-7-12(17)11(16)6-9(10)14(19)21-8-15(2,3)4/h6-7H,5,8H2,1-4H3. The molecular formula is C15H18BrClO4. The predicted molar refractivity (Wildman–Crippen MR) is 84.8 cm³/mol. The average Bonchev–Trinajstić information content (AvgIpc) is 2.38. The van der Waals surface area contributed by atoms with Gasteiger partial charge in [-0.05, 0) is 40.4 Å². The van der Waals surface area contributed by atoms with Crippen molar-refractivity contribution in [2.75, 3.05) is 13.2 Å². The van der Waals surface area contributed by atoms with Crippen molar-refractivity contribution in [3.63, 3.8) is 0 Å². The van der Waals surface area contributed by atoms with Crippen LogP contribution >= 0.6 is 27.5 Å². The van der Waals surface area contributed by atoms with E-state index in [1.807, 2.05) is 20.8 Å². The van der Waals surface area contributed by atoms with E-state index in [4.69, 9.17) is 21.1 Å². The molecular weight excluding hydrogens is 360 g/mol. The van der Waals surface area contributed by atoms with Gasteiger partial charge in [-0.1, -0.05) is 32.4 Å². The van der Waals surface area contributed by atoms with Gasteiger partial charge in [0.2, 0.25) is 0 Å². The van der Waals surface area contributed by atoms with E-state index in [-0.39, 0.29) is 29.8 Å². The molecule has 0 amide bonds. The maximum atomic E-state index is 12.2. The summed E-state index contributed by atoms with van der Waals surface area (Å²) in [6.07, 6.45) is 0. The first kappa shape index (κ1) is 18.0. The second-order valence-corrected chi connectivity index (χ2v) is 6.93. The van der Waals surface area contributed by atoms with E-state index < -0.39 is 11.9 Å². The van der Waals surface area contributed by atoms with Crippen LogP contribution in [0.5, 0.6) is 0 Å². The fraction of sp³-hybridized carbons (Fsp3) is 0.467. The number of esters is 2. The Hall–Kier alpha value is -1.07. The molecule has 21 heavy (non-hydrogen) atoms. The lowest BCUT2D eigenvalue weighted by Gasteiger charge is -2.18. The Kier molecular flexibility index (Phi) is 6.23. The maximum Gasteiger partial charge on any atom is 0.339 e. The highest BCUT2D eigenvalue weighted by atomic mass is 79.9. The molecule has 0 atom stereocenters. The van der Waals surface area contributed by atoms with Crippen LogP contribution in [0.25, 0.3) is 0 Å². The Morgan fingerprint density at radius 2 is 1.67 bits per heavy atom. The number of hydrogen-bond acceptors (Lipinski definition) is 4. The van der Waals surface area contributed by atoms with E-state index in [9.17, 15) is 9.59 Å². The van der Waals surface area contributed by atoms with Gasteiger partial charge in [-0.15, -0.1) is 0 Å². The Morgan fingerprint density at radius 1 is 1.14 bits per heavy atom. The third-order valence-electron chi connectivity index (χ3n) is 2.41. The third kappa shape index (κ3) is 5.32. The summed E-state index contributed by atoms with van der Waals surface area (Å²) in [5.74, 6) is -1.18. The Bertz CT molecular complexity index is 549. The van der Waals surface area contributed by atoms with E-state index in [0.717, 1.165) is 0 Å². The quantitative estimate of drug-likeness (QED) is 0.726. The zero-order valence-corrected chi connectivity index (χ0v) is 14.8. The topological polar surface area (TPSA) is 52.6 Å². The van der Waals surface area contributed by atoms with Crippen molar-refractivity contribution in [1.82, 2.24) is 0 Å². The first-order valence-corrected chi connectivity index (χ1v) is 7.66. The summed E-state index contributed by atoms with van der Waals surface area (Å²) in [6, 6.07) is 2.87. The highest BCUT2D eigenvalue weighted by molar-refractivity contribution is 9.10. The van der Waals surface area contributed by atoms with Gasteiger partial charge in [0.1, 0.15) is 0 Å². The smallest absolute Gasteiger partial charge is 0.339 e. The zero-order chi connectivity index (χ0) is 16.2. The van der Waals surface area contributed by atoms with Gasteiger partial charge in [-0.2, -0.15) is 0 Å². The van der Waals surface area contributed by atoms with Gasteiger partial charge in [0.05, 0.1) is 29.4 Å². The molecule has 1 aromatic rings. The van der Waals surface area contributed by atoms with E-state index in [0.29, 0.717) is 9.50 Å². The van der Waals surface area contributed by atoms with Gasteiger partial charge in [-0.25, -0.2) is 9.59 Å². The molecule has 4 nitrogen and oxygen atoms in total. The van der Waals surface area contributed by atoms with Crippen LogP contribution in [0, 0.1) is 5.41 Å². The summed E-state index contributed by atoms with van der Waals surface area (Å²) in [5, 5.41) is 0.324. The fourth-order valence-corrected chi connectivity index (χ4v) is 1.96. The minimum Gasteiger partial charge on any atom is -0.462 e. The van der Waals surface area contributed by atoms with Gasteiger partial charge in [0, 0.05) is 4.47 Å². The summed E-state index contributed by atoms with van der Waals surface area (Å²) in [5.41, 5.74) is 0.0709. The lowest BCUT2D eigenvalue weighted by atomic mass is 9.98. The second-order valence-electron chi connectivity index (χ2n) is 5.67. The van der Waals surface area contributed by atoms with Gasteiger partial charge >= 0.3 is 11.9 Å². The lowest BCUT2D eigenvalue weighted by molar-refractivity contribution is 0.0354. The Balaban J connectivity index is 3.11. The number of carbonyl (C=O) groups is 2. The van der Waals surface area contributed by atoms with Crippen LogP contribution in [0.15, 0.2) is 16.6 Å². The van der Waals surface area contributed by atoms with Crippen LogP contribution in [0.1, 0.15) is 48.4 Å². The van der Waals surface area contributed by atoms with E-state index in [2.05, 4.69) is 15.9 Å². The average molecular weight is 378 g/mol. The molecule has 0 unspecified atom stereocenters. The summed E-state index contributed by atoms with van der Waals surface area (Å²) < 4.78 is 10.7. The fourth-order valence-electron chi connectivity index (χ4n) is 1.45. The molecule has 0 fully saturated rings. The van der Waals surface area contributed by atoms with Crippen molar-refractivity contribution >= 4 is 39.5 Å². The van der Waals surface area contributed by atoms with Crippen molar-refractivity contribution in [1.29, 1.82) is 0 Å². The molecule has 0 aromatic heterocycles. The van der Waals surface area contributed by atoms with Crippen molar-refractivity contribution in [3.8, 4) is 0 Å². The molecule has 1 rings (SSSR count). The number of carbonyl (C=O) groups excluding carboxylic acids is 2. The highest BCUT2D eigenvalue weighted by Gasteiger charge is 2.23. The first-order chi connectivity index (χ1) is 9.65. The summed E-state index contributed by atoms with van der Waals surface area (Å²) in [7, 11) is 0. The Morgan fingerprint density at radius 3 is 2.19 bits per heavy atom. The maximum absolute atomic E-state index is 12.2. The molecule has 0 bridgehead atoms. The molecule has 0 N–H and O–H groups in total. The van der Waals surface area contributed by atoms with Crippen LogP contribution in [-0.2, 0) is 9.47 Å². The Labute approximate surface area is 137 Å². The predicted octanol–water partition coefficient (Wildman–Crippen LogP) is 4.48. The SMILES string of the molecule is CCOC(=O)c1cc(Cl)c(Br)cc1C(=O)OCC(C)(C)C. The summed E-state index contributed by atoms with van der Waals surface area (Å²) in [4.78, 5) is 24.1. The highest BCUT2D eigenvalue weighted by Crippen LogP contribution is 2.28. The van der Waals surface area contributed by atoms with Crippen LogP contribution < -0.4 is 0 Å². The third-order valence-corrected chi connectivity index (χ3v) is 3.61. The molecule has 0 saturated carbocycles. The van der Waals surface area contributed by atoms with Gasteiger partial charge in [-0.3, -0.25) is 0 Å². The number of ether oxygens (including phenoxy) is 2. The van der Waals surface area contributed by atoms with Gasteiger partial charge in [0.25, 0.3) is 0 Å².